The van der Waals surface area contributed by atoms with Crippen molar-refractivity contribution in [1.29, 1.82) is 5.26 Å². The van der Waals surface area contributed by atoms with Gasteiger partial charge in [0.2, 0.25) is 10.0 Å². The van der Waals surface area contributed by atoms with Crippen LogP contribution in [-0.2, 0) is 10.0 Å². The largest absolute Gasteiger partial charge is 0.281 e. The zero-order chi connectivity index (χ0) is 17.7. The molecule has 2 aromatic rings. The zero-order valence-corrected chi connectivity index (χ0v) is 14.5. The van der Waals surface area contributed by atoms with Crippen LogP contribution in [0.15, 0.2) is 42.5 Å². The average Bonchev–Trinajstić information content (AvgIpc) is 2.95. The van der Waals surface area contributed by atoms with Gasteiger partial charge in [-0.2, -0.15) is 10.4 Å². The minimum Gasteiger partial charge on any atom is -0.281 e. The SMILES string of the molecule is C=CC(=CC)C(CCC#N)c1[nH]nc2c(NS(C)(=O)=O)cccc12. The molecule has 2 N–H and O–H groups in total. The van der Waals surface area contributed by atoms with E-state index in [0.717, 1.165) is 22.9 Å². The molecule has 0 amide bonds. The Labute approximate surface area is 141 Å². The van der Waals surface area contributed by atoms with Gasteiger partial charge in [0.15, 0.2) is 0 Å². The molecule has 0 fully saturated rings. The fourth-order valence-corrected chi connectivity index (χ4v) is 3.32. The number of benzene rings is 1. The first-order chi connectivity index (χ1) is 11.4. The summed E-state index contributed by atoms with van der Waals surface area (Å²) in [6.07, 6.45) is 5.86. The Morgan fingerprint density at radius 1 is 1.54 bits per heavy atom. The van der Waals surface area contributed by atoms with Crippen molar-refractivity contribution in [2.45, 2.75) is 25.7 Å². The van der Waals surface area contributed by atoms with Gasteiger partial charge in [-0.25, -0.2) is 8.42 Å². The molecule has 24 heavy (non-hydrogen) atoms. The third kappa shape index (κ3) is 3.84. The predicted octanol–water partition coefficient (Wildman–Crippen LogP) is 3.45. The molecular weight excluding hydrogens is 324 g/mol. The molecule has 1 aromatic heterocycles. The molecule has 7 heteroatoms. The lowest BCUT2D eigenvalue weighted by Crippen LogP contribution is -2.09. The Hall–Kier alpha value is -2.59. The zero-order valence-electron chi connectivity index (χ0n) is 13.7. The maximum Gasteiger partial charge on any atom is 0.229 e. The van der Waals surface area contributed by atoms with Crippen LogP contribution in [0.3, 0.4) is 0 Å². The molecule has 1 unspecified atom stereocenters. The number of H-pyrrole nitrogens is 1. The van der Waals surface area contributed by atoms with E-state index < -0.39 is 10.0 Å². The lowest BCUT2D eigenvalue weighted by molar-refractivity contribution is 0.607. The summed E-state index contributed by atoms with van der Waals surface area (Å²) in [6, 6.07) is 7.50. The summed E-state index contributed by atoms with van der Waals surface area (Å²) < 4.78 is 25.5. The third-order valence-electron chi connectivity index (χ3n) is 3.77. The Kier molecular flexibility index (Phi) is 5.42. The molecule has 0 saturated heterocycles. The van der Waals surface area contributed by atoms with Crippen molar-refractivity contribution in [3.05, 3.63) is 48.2 Å². The van der Waals surface area contributed by atoms with Crippen LogP contribution in [0.1, 0.15) is 31.4 Å². The molecule has 1 aromatic carbocycles. The summed E-state index contributed by atoms with van der Waals surface area (Å²) in [5, 5.41) is 17.1. The van der Waals surface area contributed by atoms with Crippen LogP contribution >= 0.6 is 0 Å². The summed E-state index contributed by atoms with van der Waals surface area (Å²) in [7, 11) is -3.39. The molecule has 1 atom stereocenters. The highest BCUT2D eigenvalue weighted by molar-refractivity contribution is 7.92. The molecular formula is C17H20N4O2S. The first-order valence-corrected chi connectivity index (χ1v) is 9.40. The van der Waals surface area contributed by atoms with Gasteiger partial charge >= 0.3 is 0 Å². The van der Waals surface area contributed by atoms with Crippen molar-refractivity contribution in [2.24, 2.45) is 0 Å². The van der Waals surface area contributed by atoms with Crippen LogP contribution in [0.2, 0.25) is 0 Å². The number of sulfonamides is 1. The number of allylic oxidation sites excluding steroid dienone is 3. The second kappa shape index (κ2) is 7.32. The number of nitrogens with zero attached hydrogens (tertiary/aromatic N) is 2. The van der Waals surface area contributed by atoms with E-state index in [1.807, 2.05) is 19.1 Å². The van der Waals surface area contributed by atoms with Crippen molar-refractivity contribution in [3.63, 3.8) is 0 Å². The van der Waals surface area contributed by atoms with Gasteiger partial charge in [-0.1, -0.05) is 30.9 Å². The van der Waals surface area contributed by atoms with Gasteiger partial charge < -0.3 is 0 Å². The van der Waals surface area contributed by atoms with Gasteiger partial charge in [-0.3, -0.25) is 9.82 Å². The van der Waals surface area contributed by atoms with Crippen molar-refractivity contribution in [1.82, 2.24) is 10.2 Å². The van der Waals surface area contributed by atoms with E-state index in [2.05, 4.69) is 27.6 Å². The lowest BCUT2D eigenvalue weighted by Gasteiger charge is -2.16. The van der Waals surface area contributed by atoms with Crippen LogP contribution < -0.4 is 4.72 Å². The lowest BCUT2D eigenvalue weighted by atomic mass is 9.89. The second-order valence-corrected chi connectivity index (χ2v) is 7.20. The van der Waals surface area contributed by atoms with Gasteiger partial charge in [0.25, 0.3) is 0 Å². The molecule has 0 aliphatic heterocycles. The quantitative estimate of drug-likeness (QED) is 0.751. The van der Waals surface area contributed by atoms with Crippen LogP contribution in [0.5, 0.6) is 0 Å². The maximum atomic E-state index is 11.5. The van der Waals surface area contributed by atoms with Gasteiger partial charge in [0.1, 0.15) is 5.52 Å². The minimum absolute atomic E-state index is 0.0503. The van der Waals surface area contributed by atoms with E-state index in [9.17, 15) is 8.42 Å². The summed E-state index contributed by atoms with van der Waals surface area (Å²) in [5.41, 5.74) is 2.83. The van der Waals surface area contributed by atoms with Crippen LogP contribution in [-0.4, -0.2) is 24.9 Å². The van der Waals surface area contributed by atoms with E-state index in [-0.39, 0.29) is 5.92 Å². The number of hydrogen-bond donors (Lipinski definition) is 2. The fourth-order valence-electron chi connectivity index (χ4n) is 2.75. The monoisotopic (exact) mass is 344 g/mol. The van der Waals surface area contributed by atoms with Gasteiger partial charge in [0.05, 0.1) is 23.7 Å². The molecule has 0 bridgehead atoms. The predicted molar refractivity (Wildman–Crippen MR) is 96.1 cm³/mol. The van der Waals surface area contributed by atoms with Crippen LogP contribution in [0.4, 0.5) is 5.69 Å². The summed E-state index contributed by atoms with van der Waals surface area (Å²) in [6.45, 7) is 5.76. The van der Waals surface area contributed by atoms with E-state index in [4.69, 9.17) is 5.26 Å². The standard InChI is InChI=1S/C17H20N4O2S/c1-4-12(5-2)13(9-7-11-18)16-14-8-6-10-15(17(14)20-19-16)21-24(3,22)23/h4-6,8,10,13,21H,1,7,9H2,2-3H3,(H,19,20). The number of rotatable bonds is 7. The normalized spacial score (nSPS) is 13.5. The highest BCUT2D eigenvalue weighted by atomic mass is 32.2. The number of para-hydroxylation sites is 1. The fraction of sp³-hybridized carbons (Fsp3) is 0.294. The van der Waals surface area contributed by atoms with E-state index in [1.165, 1.54) is 0 Å². The Bertz CT molecular complexity index is 920. The molecule has 0 radical (unpaired) electrons. The van der Waals surface area contributed by atoms with E-state index >= 15 is 0 Å². The maximum absolute atomic E-state index is 11.5. The summed E-state index contributed by atoms with van der Waals surface area (Å²) in [5.74, 6) is -0.0503. The topological polar surface area (TPSA) is 98.6 Å². The molecule has 0 saturated carbocycles. The first-order valence-electron chi connectivity index (χ1n) is 7.51. The van der Waals surface area contributed by atoms with Crippen molar-refractivity contribution in [2.75, 3.05) is 11.0 Å². The number of anilines is 1. The second-order valence-electron chi connectivity index (χ2n) is 5.46. The van der Waals surface area contributed by atoms with Crippen LogP contribution in [0.25, 0.3) is 10.9 Å². The molecule has 2 rings (SSSR count). The molecule has 126 valence electrons. The van der Waals surface area contributed by atoms with Gasteiger partial charge in [-0.15, -0.1) is 0 Å². The average molecular weight is 344 g/mol. The number of aromatic amines is 1. The number of hydrogen-bond acceptors (Lipinski definition) is 4. The highest BCUT2D eigenvalue weighted by Crippen LogP contribution is 2.35. The summed E-state index contributed by atoms with van der Waals surface area (Å²) in [4.78, 5) is 0. The van der Waals surface area contributed by atoms with Crippen LogP contribution in [0, 0.1) is 11.3 Å². The molecule has 0 aliphatic rings. The van der Waals surface area contributed by atoms with Gasteiger partial charge in [-0.05, 0) is 25.0 Å². The minimum atomic E-state index is -3.39. The van der Waals surface area contributed by atoms with Crippen molar-refractivity contribution < 1.29 is 8.42 Å². The van der Waals surface area contributed by atoms with E-state index in [1.54, 1.807) is 18.2 Å². The number of nitriles is 1. The number of aromatic nitrogens is 2. The smallest absolute Gasteiger partial charge is 0.229 e. The molecule has 6 nitrogen and oxygen atoms in total. The Balaban J connectivity index is 2.57. The summed E-state index contributed by atoms with van der Waals surface area (Å²) >= 11 is 0. The Morgan fingerprint density at radius 2 is 2.29 bits per heavy atom. The van der Waals surface area contributed by atoms with Gasteiger partial charge in [0, 0.05) is 17.7 Å². The Morgan fingerprint density at radius 3 is 2.88 bits per heavy atom. The first kappa shape index (κ1) is 17.8. The van der Waals surface area contributed by atoms with E-state index in [0.29, 0.717) is 24.0 Å². The molecule has 1 heterocycles. The van der Waals surface area contributed by atoms with Crippen molar-refractivity contribution in [3.8, 4) is 6.07 Å². The molecule has 0 aliphatic carbocycles. The number of nitrogens with one attached hydrogen (secondary N) is 2. The van der Waals surface area contributed by atoms with Crippen molar-refractivity contribution >= 4 is 26.6 Å². The highest BCUT2D eigenvalue weighted by Gasteiger charge is 2.21. The number of fused-ring (bicyclic) bond motifs is 1. The third-order valence-corrected chi connectivity index (χ3v) is 4.37. The molecule has 0 spiro atoms.